The van der Waals surface area contributed by atoms with Crippen LogP contribution >= 0.6 is 0 Å². The minimum Gasteiger partial charge on any atom is -0.354 e. The van der Waals surface area contributed by atoms with E-state index in [1.165, 1.54) is 0 Å². The minimum atomic E-state index is 0.0447. The maximum Gasteiger partial charge on any atom is 0.223 e. The molecule has 0 aromatic rings. The lowest BCUT2D eigenvalue weighted by Crippen LogP contribution is -2.38. The maximum atomic E-state index is 11.3. The highest BCUT2D eigenvalue weighted by molar-refractivity contribution is 5.78. The minimum absolute atomic E-state index is 0.0447. The Morgan fingerprint density at radius 1 is 1.42 bits per heavy atom. The van der Waals surface area contributed by atoms with Gasteiger partial charge in [0.15, 0.2) is 0 Å². The zero-order chi connectivity index (χ0) is 9.56. The topological polar surface area (TPSA) is 55.1 Å². The van der Waals surface area contributed by atoms with Crippen molar-refractivity contribution in [2.45, 2.75) is 39.7 Å². The van der Waals surface area contributed by atoms with Crippen LogP contribution in [0.4, 0.5) is 0 Å². The molecule has 3 heteroatoms. The molecular formula is C9H20N2O. The van der Waals surface area contributed by atoms with E-state index in [1.807, 2.05) is 20.8 Å². The van der Waals surface area contributed by atoms with Gasteiger partial charge >= 0.3 is 0 Å². The molecule has 0 aliphatic heterocycles. The highest BCUT2D eigenvalue weighted by atomic mass is 16.1. The van der Waals surface area contributed by atoms with Gasteiger partial charge in [-0.3, -0.25) is 4.79 Å². The summed E-state index contributed by atoms with van der Waals surface area (Å²) in [6, 6.07) is 0.0447. The standard InChI is InChI=1S/C9H20N2O/c1-4-8(5-2)9(12)11-6-7(3)10/h7-8H,4-6,10H2,1-3H3,(H,11,12). The number of nitrogens with one attached hydrogen (secondary N) is 1. The van der Waals surface area contributed by atoms with Gasteiger partial charge in [0.2, 0.25) is 5.91 Å². The second-order valence-corrected chi connectivity index (χ2v) is 3.24. The normalized spacial score (nSPS) is 13.1. The molecule has 3 N–H and O–H groups in total. The zero-order valence-electron chi connectivity index (χ0n) is 8.26. The van der Waals surface area contributed by atoms with Crippen molar-refractivity contribution in [1.29, 1.82) is 0 Å². The van der Waals surface area contributed by atoms with Gasteiger partial charge in [-0.1, -0.05) is 13.8 Å². The number of hydrogen-bond donors (Lipinski definition) is 2. The molecule has 72 valence electrons. The summed E-state index contributed by atoms with van der Waals surface area (Å²) in [5, 5.41) is 2.82. The number of amides is 1. The smallest absolute Gasteiger partial charge is 0.223 e. The van der Waals surface area contributed by atoms with Crippen LogP contribution in [0, 0.1) is 5.92 Å². The molecule has 0 spiro atoms. The first kappa shape index (κ1) is 11.4. The Bertz CT molecular complexity index is 130. The van der Waals surface area contributed by atoms with Crippen molar-refractivity contribution in [3.05, 3.63) is 0 Å². The average Bonchev–Trinajstić information content (AvgIpc) is 2.03. The highest BCUT2D eigenvalue weighted by Gasteiger charge is 2.13. The highest BCUT2D eigenvalue weighted by Crippen LogP contribution is 2.06. The Balaban J connectivity index is 3.69. The second kappa shape index (κ2) is 6.00. The van der Waals surface area contributed by atoms with Crippen LogP contribution in [-0.2, 0) is 4.79 Å². The summed E-state index contributed by atoms with van der Waals surface area (Å²) >= 11 is 0. The van der Waals surface area contributed by atoms with Crippen molar-refractivity contribution in [2.24, 2.45) is 11.7 Å². The van der Waals surface area contributed by atoms with E-state index in [0.29, 0.717) is 6.54 Å². The third-order valence-corrected chi connectivity index (χ3v) is 1.95. The Kier molecular flexibility index (Phi) is 5.72. The van der Waals surface area contributed by atoms with Crippen molar-refractivity contribution in [3.8, 4) is 0 Å². The number of carbonyl (C=O) groups excluding carboxylic acids is 1. The Hall–Kier alpha value is -0.570. The lowest BCUT2D eigenvalue weighted by molar-refractivity contribution is -0.125. The van der Waals surface area contributed by atoms with E-state index in [1.54, 1.807) is 0 Å². The van der Waals surface area contributed by atoms with Crippen molar-refractivity contribution in [3.63, 3.8) is 0 Å². The third kappa shape index (κ3) is 4.34. The van der Waals surface area contributed by atoms with Crippen molar-refractivity contribution < 1.29 is 4.79 Å². The van der Waals surface area contributed by atoms with Gasteiger partial charge in [0.05, 0.1) is 0 Å². The third-order valence-electron chi connectivity index (χ3n) is 1.95. The molecule has 0 saturated carbocycles. The van der Waals surface area contributed by atoms with E-state index in [0.717, 1.165) is 12.8 Å². The first-order chi connectivity index (χ1) is 5.61. The molecule has 0 rings (SSSR count). The molecular weight excluding hydrogens is 152 g/mol. The van der Waals surface area contributed by atoms with Gasteiger partial charge in [0.25, 0.3) is 0 Å². The summed E-state index contributed by atoms with van der Waals surface area (Å²) in [7, 11) is 0. The van der Waals surface area contributed by atoms with Crippen LogP contribution in [0.25, 0.3) is 0 Å². The van der Waals surface area contributed by atoms with Crippen molar-refractivity contribution >= 4 is 5.91 Å². The molecule has 3 nitrogen and oxygen atoms in total. The van der Waals surface area contributed by atoms with E-state index in [9.17, 15) is 4.79 Å². The predicted octanol–water partition coefficient (Wildman–Crippen LogP) is 0.886. The molecule has 1 atom stereocenters. The summed E-state index contributed by atoms with van der Waals surface area (Å²) in [4.78, 5) is 11.3. The summed E-state index contributed by atoms with van der Waals surface area (Å²) in [6.45, 7) is 6.52. The fourth-order valence-electron chi connectivity index (χ4n) is 1.07. The van der Waals surface area contributed by atoms with Gasteiger partial charge in [0, 0.05) is 18.5 Å². The van der Waals surface area contributed by atoms with Crippen LogP contribution in [0.5, 0.6) is 0 Å². The molecule has 12 heavy (non-hydrogen) atoms. The first-order valence-corrected chi connectivity index (χ1v) is 4.65. The van der Waals surface area contributed by atoms with Crippen LogP contribution in [0.2, 0.25) is 0 Å². The fraction of sp³-hybridized carbons (Fsp3) is 0.889. The average molecular weight is 172 g/mol. The molecule has 1 amide bonds. The van der Waals surface area contributed by atoms with Crippen LogP contribution < -0.4 is 11.1 Å². The van der Waals surface area contributed by atoms with E-state index in [2.05, 4.69) is 5.32 Å². The summed E-state index contributed by atoms with van der Waals surface area (Å²) < 4.78 is 0. The van der Waals surface area contributed by atoms with Gasteiger partial charge in [-0.05, 0) is 19.8 Å². The van der Waals surface area contributed by atoms with Crippen LogP contribution in [0.15, 0.2) is 0 Å². The molecule has 0 saturated heterocycles. The van der Waals surface area contributed by atoms with Crippen molar-refractivity contribution in [1.82, 2.24) is 5.32 Å². The first-order valence-electron chi connectivity index (χ1n) is 4.65. The zero-order valence-corrected chi connectivity index (χ0v) is 8.26. The molecule has 0 heterocycles. The summed E-state index contributed by atoms with van der Waals surface area (Å²) in [5.74, 6) is 0.293. The van der Waals surface area contributed by atoms with E-state index < -0.39 is 0 Å². The van der Waals surface area contributed by atoms with Gasteiger partial charge in [-0.25, -0.2) is 0 Å². The van der Waals surface area contributed by atoms with Crippen molar-refractivity contribution in [2.75, 3.05) is 6.54 Å². The molecule has 0 aliphatic carbocycles. The Morgan fingerprint density at radius 3 is 2.25 bits per heavy atom. The summed E-state index contributed by atoms with van der Waals surface area (Å²) in [6.07, 6.45) is 1.81. The summed E-state index contributed by atoms with van der Waals surface area (Å²) in [5.41, 5.74) is 5.51. The SMILES string of the molecule is CCC(CC)C(=O)NCC(C)N. The van der Waals surface area contributed by atoms with E-state index in [4.69, 9.17) is 5.73 Å². The molecule has 0 aromatic carbocycles. The molecule has 0 fully saturated rings. The molecule has 1 unspecified atom stereocenters. The lowest BCUT2D eigenvalue weighted by atomic mass is 10.0. The predicted molar refractivity (Wildman–Crippen MR) is 50.7 cm³/mol. The number of hydrogen-bond acceptors (Lipinski definition) is 2. The monoisotopic (exact) mass is 172 g/mol. The van der Waals surface area contributed by atoms with Crippen LogP contribution in [0.1, 0.15) is 33.6 Å². The maximum absolute atomic E-state index is 11.3. The van der Waals surface area contributed by atoms with Gasteiger partial charge in [0.1, 0.15) is 0 Å². The van der Waals surface area contributed by atoms with Crippen LogP contribution in [0.3, 0.4) is 0 Å². The Labute approximate surface area is 74.7 Å². The molecule has 0 bridgehead atoms. The number of nitrogens with two attached hydrogens (primary N) is 1. The molecule has 0 radical (unpaired) electrons. The lowest BCUT2D eigenvalue weighted by Gasteiger charge is -2.13. The molecule has 0 aromatic heterocycles. The van der Waals surface area contributed by atoms with E-state index in [-0.39, 0.29) is 17.9 Å². The second-order valence-electron chi connectivity index (χ2n) is 3.24. The van der Waals surface area contributed by atoms with Gasteiger partial charge in [-0.15, -0.1) is 0 Å². The Morgan fingerprint density at radius 2 is 1.92 bits per heavy atom. The number of carbonyl (C=O) groups is 1. The quantitative estimate of drug-likeness (QED) is 0.647. The van der Waals surface area contributed by atoms with Crippen LogP contribution in [-0.4, -0.2) is 18.5 Å². The van der Waals surface area contributed by atoms with E-state index >= 15 is 0 Å². The van der Waals surface area contributed by atoms with Gasteiger partial charge in [-0.2, -0.15) is 0 Å². The van der Waals surface area contributed by atoms with Gasteiger partial charge < -0.3 is 11.1 Å². The number of rotatable bonds is 5. The fourth-order valence-corrected chi connectivity index (χ4v) is 1.07. The molecule has 0 aliphatic rings. The largest absolute Gasteiger partial charge is 0.354 e.